The quantitative estimate of drug-likeness (QED) is 0.655. The normalized spacial score (nSPS) is 27.9. The maximum absolute atomic E-state index is 11.4. The molecule has 4 heteroatoms. The van der Waals surface area contributed by atoms with Gasteiger partial charge in [0.15, 0.2) is 0 Å². The maximum atomic E-state index is 11.4. The molecule has 0 saturated heterocycles. The molecule has 0 aliphatic heterocycles. The van der Waals surface area contributed by atoms with Gasteiger partial charge in [0.2, 0.25) is 0 Å². The van der Waals surface area contributed by atoms with Gasteiger partial charge in [-0.15, -0.1) is 0 Å². The average Bonchev–Trinajstić information content (AvgIpc) is 2.72. The third kappa shape index (κ3) is 3.69. The number of likely N-dealkylation sites (N-methyl/N-ethyl adjacent to an activating group) is 1. The van der Waals surface area contributed by atoms with Gasteiger partial charge in [0.25, 0.3) is 0 Å². The van der Waals surface area contributed by atoms with Crippen LogP contribution in [0.25, 0.3) is 0 Å². The van der Waals surface area contributed by atoms with E-state index in [1.54, 1.807) is 7.05 Å². The largest absolute Gasteiger partial charge is 0.480 e. The van der Waals surface area contributed by atoms with E-state index in [2.05, 4.69) is 19.2 Å². The second-order valence-electron chi connectivity index (χ2n) is 5.70. The fourth-order valence-electron chi connectivity index (χ4n) is 2.83. The zero-order valence-corrected chi connectivity index (χ0v) is 11.9. The van der Waals surface area contributed by atoms with Gasteiger partial charge < -0.3 is 15.2 Å². The number of aliphatic carboxylic acids is 1. The monoisotopic (exact) mass is 257 g/mol. The van der Waals surface area contributed by atoms with Crippen LogP contribution in [0.3, 0.4) is 0 Å². The summed E-state index contributed by atoms with van der Waals surface area (Å²) in [5, 5.41) is 12.4. The van der Waals surface area contributed by atoms with Gasteiger partial charge in [0.05, 0.1) is 0 Å². The minimum atomic E-state index is -0.721. The van der Waals surface area contributed by atoms with Crippen LogP contribution in [-0.2, 0) is 9.53 Å². The lowest BCUT2D eigenvalue weighted by atomic mass is 9.85. The molecule has 2 N–H and O–H groups in total. The number of carboxylic acid groups (broad SMARTS) is 1. The van der Waals surface area contributed by atoms with E-state index in [0.717, 1.165) is 38.7 Å². The number of hydrogen-bond donors (Lipinski definition) is 2. The van der Waals surface area contributed by atoms with Crippen molar-refractivity contribution in [2.24, 2.45) is 11.8 Å². The van der Waals surface area contributed by atoms with Crippen molar-refractivity contribution in [2.45, 2.75) is 51.5 Å². The molecule has 1 rings (SSSR count). The van der Waals surface area contributed by atoms with E-state index in [-0.39, 0.29) is 5.92 Å². The molecule has 1 saturated carbocycles. The van der Waals surface area contributed by atoms with E-state index in [1.165, 1.54) is 0 Å². The standard InChI is InChI=1S/C14H27NO3/c1-11(2)6-9-18-10-7-12-5-4-8-14(12,15-3)13(16)17/h11-12,15H,4-10H2,1-3H3,(H,16,17). The van der Waals surface area contributed by atoms with Crippen LogP contribution in [0.2, 0.25) is 0 Å². The van der Waals surface area contributed by atoms with Gasteiger partial charge in [0, 0.05) is 13.2 Å². The highest BCUT2D eigenvalue weighted by molar-refractivity contribution is 5.79. The molecule has 18 heavy (non-hydrogen) atoms. The smallest absolute Gasteiger partial charge is 0.324 e. The number of hydrogen-bond acceptors (Lipinski definition) is 3. The first kappa shape index (κ1) is 15.4. The van der Waals surface area contributed by atoms with E-state index >= 15 is 0 Å². The summed E-state index contributed by atoms with van der Waals surface area (Å²) in [5.74, 6) is 0.139. The van der Waals surface area contributed by atoms with Crippen LogP contribution in [0.5, 0.6) is 0 Å². The van der Waals surface area contributed by atoms with Crippen molar-refractivity contribution < 1.29 is 14.6 Å². The molecular weight excluding hydrogens is 230 g/mol. The molecule has 0 radical (unpaired) electrons. The van der Waals surface area contributed by atoms with Crippen molar-refractivity contribution in [3.8, 4) is 0 Å². The fourth-order valence-corrected chi connectivity index (χ4v) is 2.83. The summed E-state index contributed by atoms with van der Waals surface area (Å²) in [6, 6.07) is 0. The van der Waals surface area contributed by atoms with Gasteiger partial charge in [-0.1, -0.05) is 20.3 Å². The lowest BCUT2D eigenvalue weighted by molar-refractivity contribution is -0.146. The lowest BCUT2D eigenvalue weighted by Crippen LogP contribution is -2.53. The van der Waals surface area contributed by atoms with E-state index in [1.807, 2.05) is 0 Å². The van der Waals surface area contributed by atoms with Crippen molar-refractivity contribution in [2.75, 3.05) is 20.3 Å². The highest BCUT2D eigenvalue weighted by Crippen LogP contribution is 2.37. The summed E-state index contributed by atoms with van der Waals surface area (Å²) < 4.78 is 5.60. The van der Waals surface area contributed by atoms with Gasteiger partial charge in [-0.25, -0.2) is 0 Å². The van der Waals surface area contributed by atoms with Gasteiger partial charge in [-0.2, -0.15) is 0 Å². The first-order valence-corrected chi connectivity index (χ1v) is 7.03. The average molecular weight is 257 g/mol. The molecular formula is C14H27NO3. The van der Waals surface area contributed by atoms with Crippen LogP contribution in [0.4, 0.5) is 0 Å². The third-order valence-corrected chi connectivity index (χ3v) is 4.10. The molecule has 0 aromatic heterocycles. The third-order valence-electron chi connectivity index (χ3n) is 4.10. The molecule has 0 amide bonds. The number of carboxylic acids is 1. The molecule has 1 fully saturated rings. The Kier molecular flexibility index (Phi) is 6.09. The molecule has 0 aromatic rings. The Hall–Kier alpha value is -0.610. The fraction of sp³-hybridized carbons (Fsp3) is 0.929. The molecule has 2 unspecified atom stereocenters. The van der Waals surface area contributed by atoms with E-state index in [9.17, 15) is 9.90 Å². The van der Waals surface area contributed by atoms with Crippen LogP contribution >= 0.6 is 0 Å². The minimum Gasteiger partial charge on any atom is -0.480 e. The number of rotatable bonds is 8. The summed E-state index contributed by atoms with van der Waals surface area (Å²) in [6.07, 6.45) is 4.62. The first-order chi connectivity index (χ1) is 8.53. The summed E-state index contributed by atoms with van der Waals surface area (Å²) in [5.41, 5.74) is -0.721. The number of ether oxygens (including phenoxy) is 1. The molecule has 1 aliphatic carbocycles. The first-order valence-electron chi connectivity index (χ1n) is 7.03. The second-order valence-corrected chi connectivity index (χ2v) is 5.70. The lowest BCUT2D eigenvalue weighted by Gasteiger charge is -2.31. The molecule has 0 heterocycles. The Balaban J connectivity index is 2.34. The Morgan fingerprint density at radius 1 is 1.50 bits per heavy atom. The molecule has 0 spiro atoms. The molecule has 0 aromatic carbocycles. The minimum absolute atomic E-state index is 0.194. The van der Waals surface area contributed by atoms with Crippen LogP contribution in [0, 0.1) is 11.8 Å². The summed E-state index contributed by atoms with van der Waals surface area (Å²) in [4.78, 5) is 11.4. The van der Waals surface area contributed by atoms with Crippen LogP contribution in [0.15, 0.2) is 0 Å². The topological polar surface area (TPSA) is 58.6 Å². The summed E-state index contributed by atoms with van der Waals surface area (Å²) in [7, 11) is 1.76. The molecule has 4 nitrogen and oxygen atoms in total. The summed E-state index contributed by atoms with van der Waals surface area (Å²) >= 11 is 0. The van der Waals surface area contributed by atoms with Crippen LogP contribution in [-0.4, -0.2) is 36.9 Å². The van der Waals surface area contributed by atoms with Crippen molar-refractivity contribution in [1.82, 2.24) is 5.32 Å². The van der Waals surface area contributed by atoms with Gasteiger partial charge >= 0.3 is 5.97 Å². The zero-order valence-electron chi connectivity index (χ0n) is 11.9. The van der Waals surface area contributed by atoms with E-state index < -0.39 is 11.5 Å². The van der Waals surface area contributed by atoms with Gasteiger partial charge in [0.1, 0.15) is 5.54 Å². The Morgan fingerprint density at radius 3 is 2.78 bits per heavy atom. The van der Waals surface area contributed by atoms with Crippen molar-refractivity contribution in [1.29, 1.82) is 0 Å². The molecule has 1 aliphatic rings. The van der Waals surface area contributed by atoms with Crippen molar-refractivity contribution >= 4 is 5.97 Å². The Labute approximate surface area is 110 Å². The zero-order chi connectivity index (χ0) is 13.6. The number of nitrogens with one attached hydrogen (secondary N) is 1. The Morgan fingerprint density at radius 2 is 2.22 bits per heavy atom. The SMILES string of the molecule is CNC1(C(=O)O)CCCC1CCOCCC(C)C. The predicted molar refractivity (Wildman–Crippen MR) is 71.7 cm³/mol. The highest BCUT2D eigenvalue weighted by atomic mass is 16.5. The predicted octanol–water partition coefficient (Wildman–Crippen LogP) is 2.28. The van der Waals surface area contributed by atoms with Gasteiger partial charge in [-0.05, 0) is 44.6 Å². The van der Waals surface area contributed by atoms with E-state index in [4.69, 9.17) is 4.74 Å². The van der Waals surface area contributed by atoms with E-state index in [0.29, 0.717) is 12.5 Å². The Bertz CT molecular complexity index is 268. The van der Waals surface area contributed by atoms with Gasteiger partial charge in [-0.3, -0.25) is 4.79 Å². The van der Waals surface area contributed by atoms with Crippen LogP contribution < -0.4 is 5.32 Å². The maximum Gasteiger partial charge on any atom is 0.324 e. The molecule has 2 atom stereocenters. The number of carbonyl (C=O) groups is 1. The summed E-state index contributed by atoms with van der Waals surface area (Å²) in [6.45, 7) is 5.81. The van der Waals surface area contributed by atoms with Crippen molar-refractivity contribution in [3.05, 3.63) is 0 Å². The highest BCUT2D eigenvalue weighted by Gasteiger charge is 2.47. The second kappa shape index (κ2) is 7.10. The van der Waals surface area contributed by atoms with Crippen molar-refractivity contribution in [3.63, 3.8) is 0 Å². The van der Waals surface area contributed by atoms with Crippen LogP contribution in [0.1, 0.15) is 46.0 Å². The molecule has 0 bridgehead atoms. The molecule has 106 valence electrons.